The summed E-state index contributed by atoms with van der Waals surface area (Å²) in [6, 6.07) is 12.0. The Hall–Kier alpha value is -3.08. The third kappa shape index (κ3) is 2.01. The quantitative estimate of drug-likeness (QED) is 0.526. The van der Waals surface area contributed by atoms with Crippen molar-refractivity contribution in [2.24, 2.45) is 0 Å². The molecule has 4 aromatic rings. The number of furan rings is 1. The summed E-state index contributed by atoms with van der Waals surface area (Å²) in [6.07, 6.45) is 0. The van der Waals surface area contributed by atoms with Crippen molar-refractivity contribution in [2.45, 2.75) is 6.92 Å². The highest BCUT2D eigenvalue weighted by Gasteiger charge is 2.17. The zero-order chi connectivity index (χ0) is 16.0. The van der Waals surface area contributed by atoms with Gasteiger partial charge in [-0.15, -0.1) is 0 Å². The second-order valence-corrected chi connectivity index (χ2v) is 5.13. The first kappa shape index (κ1) is 13.6. The molecule has 0 unspecified atom stereocenters. The SMILES string of the molecule is CCOC(=O)c1ccc2oc3c4ccccc4c(=O)oc3c2c1. The van der Waals surface area contributed by atoms with E-state index in [2.05, 4.69) is 0 Å². The van der Waals surface area contributed by atoms with Crippen LogP contribution in [-0.4, -0.2) is 12.6 Å². The molecule has 2 aromatic heterocycles. The van der Waals surface area contributed by atoms with Crippen molar-refractivity contribution in [1.29, 1.82) is 0 Å². The summed E-state index contributed by atoms with van der Waals surface area (Å²) in [5.74, 6) is -0.424. The first-order chi connectivity index (χ1) is 11.2. The number of benzene rings is 2. The maximum absolute atomic E-state index is 12.2. The van der Waals surface area contributed by atoms with Gasteiger partial charge in [0.2, 0.25) is 0 Å². The Kier molecular flexibility index (Phi) is 2.94. The van der Waals surface area contributed by atoms with E-state index < -0.39 is 11.6 Å². The summed E-state index contributed by atoms with van der Waals surface area (Å²) < 4.78 is 16.2. The highest BCUT2D eigenvalue weighted by Crippen LogP contribution is 2.32. The van der Waals surface area contributed by atoms with E-state index >= 15 is 0 Å². The number of esters is 1. The van der Waals surface area contributed by atoms with E-state index in [1.54, 1.807) is 37.3 Å². The Bertz CT molecular complexity index is 1120. The van der Waals surface area contributed by atoms with Gasteiger partial charge in [-0.05, 0) is 31.2 Å². The highest BCUT2D eigenvalue weighted by atomic mass is 16.5. The molecule has 23 heavy (non-hydrogen) atoms. The van der Waals surface area contributed by atoms with Crippen LogP contribution in [0.3, 0.4) is 0 Å². The second kappa shape index (κ2) is 4.98. The monoisotopic (exact) mass is 308 g/mol. The van der Waals surface area contributed by atoms with Crippen molar-refractivity contribution in [2.75, 3.05) is 6.61 Å². The minimum Gasteiger partial charge on any atom is -0.462 e. The molecule has 0 amide bonds. The Morgan fingerprint density at radius 2 is 1.74 bits per heavy atom. The molecule has 2 aromatic carbocycles. The molecular formula is C18H12O5. The van der Waals surface area contributed by atoms with Gasteiger partial charge in [-0.2, -0.15) is 0 Å². The molecule has 0 saturated carbocycles. The molecule has 4 rings (SSSR count). The van der Waals surface area contributed by atoms with Gasteiger partial charge >= 0.3 is 11.6 Å². The standard InChI is InChI=1S/C18H12O5/c1-2-21-17(19)10-7-8-14-13(9-10)16-15(22-14)11-5-3-4-6-12(11)18(20)23-16/h3-9H,2H2,1H3. The van der Waals surface area contributed by atoms with E-state index in [1.165, 1.54) is 0 Å². The normalized spacial score (nSPS) is 11.3. The van der Waals surface area contributed by atoms with Gasteiger partial charge in [0.15, 0.2) is 11.2 Å². The zero-order valence-electron chi connectivity index (χ0n) is 12.3. The fraction of sp³-hybridized carbons (Fsp3) is 0.111. The molecule has 114 valence electrons. The van der Waals surface area contributed by atoms with E-state index in [9.17, 15) is 9.59 Å². The topological polar surface area (TPSA) is 69.7 Å². The van der Waals surface area contributed by atoms with Crippen molar-refractivity contribution < 1.29 is 18.4 Å². The minimum absolute atomic E-state index is 0.294. The fourth-order valence-corrected chi connectivity index (χ4v) is 2.70. The molecule has 0 bridgehead atoms. The predicted octanol–water partition coefficient (Wildman–Crippen LogP) is 3.87. The molecule has 0 fully saturated rings. The largest absolute Gasteiger partial charge is 0.462 e. The van der Waals surface area contributed by atoms with Crippen LogP contribution in [0, 0.1) is 0 Å². The van der Waals surface area contributed by atoms with Crippen LogP contribution < -0.4 is 5.63 Å². The average molecular weight is 308 g/mol. The molecule has 5 nitrogen and oxygen atoms in total. The van der Waals surface area contributed by atoms with Crippen molar-refractivity contribution in [3.8, 4) is 0 Å². The number of carbonyl (C=O) groups is 1. The van der Waals surface area contributed by atoms with Crippen molar-refractivity contribution in [1.82, 2.24) is 0 Å². The van der Waals surface area contributed by atoms with E-state index in [1.807, 2.05) is 12.1 Å². The third-order valence-corrected chi connectivity index (χ3v) is 3.74. The van der Waals surface area contributed by atoms with E-state index in [-0.39, 0.29) is 0 Å². The van der Waals surface area contributed by atoms with Crippen LogP contribution in [0.2, 0.25) is 0 Å². The first-order valence-corrected chi connectivity index (χ1v) is 7.24. The fourth-order valence-electron chi connectivity index (χ4n) is 2.70. The van der Waals surface area contributed by atoms with Crippen LogP contribution in [0.25, 0.3) is 32.9 Å². The van der Waals surface area contributed by atoms with Crippen molar-refractivity contribution in [3.05, 3.63) is 58.4 Å². The molecular weight excluding hydrogens is 296 g/mol. The minimum atomic E-state index is -0.433. The zero-order valence-corrected chi connectivity index (χ0v) is 12.3. The van der Waals surface area contributed by atoms with Gasteiger partial charge in [-0.1, -0.05) is 18.2 Å². The lowest BCUT2D eigenvalue weighted by Crippen LogP contribution is -2.04. The summed E-state index contributed by atoms with van der Waals surface area (Å²) >= 11 is 0. The molecule has 0 saturated heterocycles. The van der Waals surface area contributed by atoms with Gasteiger partial charge in [-0.3, -0.25) is 0 Å². The van der Waals surface area contributed by atoms with E-state index in [4.69, 9.17) is 13.6 Å². The molecule has 2 heterocycles. The van der Waals surface area contributed by atoms with E-state index in [0.717, 1.165) is 0 Å². The summed E-state index contributed by atoms with van der Waals surface area (Å²) in [7, 11) is 0. The molecule has 0 radical (unpaired) electrons. The molecule has 0 N–H and O–H groups in total. The van der Waals surface area contributed by atoms with Crippen molar-refractivity contribution in [3.63, 3.8) is 0 Å². The summed E-state index contributed by atoms with van der Waals surface area (Å²) in [5.41, 5.74) is 1.34. The molecule has 0 aliphatic heterocycles. The molecule has 0 atom stereocenters. The number of rotatable bonds is 2. The average Bonchev–Trinajstić information content (AvgIpc) is 2.93. The van der Waals surface area contributed by atoms with Gasteiger partial charge in [0.1, 0.15) is 5.58 Å². The lowest BCUT2D eigenvalue weighted by molar-refractivity contribution is 0.0526. The van der Waals surface area contributed by atoms with Gasteiger partial charge in [0, 0.05) is 5.39 Å². The van der Waals surface area contributed by atoms with Crippen LogP contribution in [0.1, 0.15) is 17.3 Å². The van der Waals surface area contributed by atoms with Gasteiger partial charge < -0.3 is 13.6 Å². The first-order valence-electron chi connectivity index (χ1n) is 7.24. The molecule has 0 aliphatic rings. The summed E-state index contributed by atoms with van der Waals surface area (Å²) in [6.45, 7) is 2.04. The van der Waals surface area contributed by atoms with Gasteiger partial charge in [0.25, 0.3) is 0 Å². The Balaban J connectivity index is 2.08. The predicted molar refractivity (Wildman–Crippen MR) is 85.7 cm³/mol. The summed E-state index contributed by atoms with van der Waals surface area (Å²) in [4.78, 5) is 24.0. The number of hydrogen-bond acceptors (Lipinski definition) is 5. The third-order valence-electron chi connectivity index (χ3n) is 3.74. The Morgan fingerprint density at radius 1 is 1.00 bits per heavy atom. The Labute approximate surface area is 130 Å². The number of ether oxygens (including phenoxy) is 1. The smallest absolute Gasteiger partial charge is 0.344 e. The maximum atomic E-state index is 12.2. The lowest BCUT2D eigenvalue weighted by Gasteiger charge is -2.00. The number of hydrogen-bond donors (Lipinski definition) is 0. The van der Waals surface area contributed by atoms with Crippen LogP contribution in [0.5, 0.6) is 0 Å². The maximum Gasteiger partial charge on any atom is 0.344 e. The highest BCUT2D eigenvalue weighted by molar-refractivity contribution is 6.12. The van der Waals surface area contributed by atoms with Gasteiger partial charge in [0.05, 0.1) is 22.9 Å². The molecule has 5 heteroatoms. The molecule has 0 aliphatic carbocycles. The van der Waals surface area contributed by atoms with Crippen LogP contribution in [0.4, 0.5) is 0 Å². The number of carbonyl (C=O) groups excluding carboxylic acids is 1. The van der Waals surface area contributed by atoms with Gasteiger partial charge in [-0.25, -0.2) is 9.59 Å². The number of fused-ring (bicyclic) bond motifs is 5. The van der Waals surface area contributed by atoms with Crippen LogP contribution in [-0.2, 0) is 4.74 Å². The lowest BCUT2D eigenvalue weighted by atomic mass is 10.1. The van der Waals surface area contributed by atoms with E-state index in [0.29, 0.717) is 45.1 Å². The second-order valence-electron chi connectivity index (χ2n) is 5.13. The molecule has 0 spiro atoms. The van der Waals surface area contributed by atoms with Crippen molar-refractivity contribution >= 4 is 38.9 Å². The summed E-state index contributed by atoms with van der Waals surface area (Å²) in [5, 5.41) is 1.73. The van der Waals surface area contributed by atoms with Crippen LogP contribution >= 0.6 is 0 Å². The van der Waals surface area contributed by atoms with Crippen LogP contribution in [0.15, 0.2) is 56.1 Å². The Morgan fingerprint density at radius 3 is 2.52 bits per heavy atom.